The molecule has 2 amide bonds. The molecule has 5 heteroatoms. The van der Waals surface area contributed by atoms with Crippen LogP contribution in [0.15, 0.2) is 60.2 Å². The van der Waals surface area contributed by atoms with E-state index >= 15 is 0 Å². The molecule has 2 heterocycles. The number of amides is 2. The molecule has 0 atom stereocenters. The molecule has 0 aromatic heterocycles. The van der Waals surface area contributed by atoms with Gasteiger partial charge in [-0.2, -0.15) is 0 Å². The van der Waals surface area contributed by atoms with Crippen LogP contribution in [0, 0.1) is 0 Å². The molecule has 2 fully saturated rings. The predicted molar refractivity (Wildman–Crippen MR) is 97.9 cm³/mol. The Labute approximate surface area is 146 Å². The zero-order chi connectivity index (χ0) is 17.2. The van der Waals surface area contributed by atoms with E-state index in [1.165, 1.54) is 23.5 Å². The van der Waals surface area contributed by atoms with E-state index in [9.17, 15) is 9.59 Å². The van der Waals surface area contributed by atoms with Gasteiger partial charge in [-0.1, -0.05) is 30.3 Å². The van der Waals surface area contributed by atoms with Gasteiger partial charge in [0.25, 0.3) is 11.8 Å². The van der Waals surface area contributed by atoms with Crippen LogP contribution in [0.1, 0.15) is 18.4 Å². The molecule has 2 aliphatic rings. The van der Waals surface area contributed by atoms with Crippen molar-refractivity contribution in [2.75, 3.05) is 23.0 Å². The van der Waals surface area contributed by atoms with E-state index in [1.54, 1.807) is 18.2 Å². The Bertz CT molecular complexity index is 822. The zero-order valence-corrected chi connectivity index (χ0v) is 13.8. The molecule has 2 saturated heterocycles. The van der Waals surface area contributed by atoms with Crippen molar-refractivity contribution in [3.05, 3.63) is 65.7 Å². The first-order chi connectivity index (χ1) is 12.2. The minimum Gasteiger partial charge on any atom is -0.372 e. The fourth-order valence-electron chi connectivity index (χ4n) is 3.24. The molecule has 126 valence electrons. The Morgan fingerprint density at radius 2 is 1.52 bits per heavy atom. The molecule has 0 radical (unpaired) electrons. The summed E-state index contributed by atoms with van der Waals surface area (Å²) in [5.74, 6) is -0.711. The van der Waals surface area contributed by atoms with Crippen LogP contribution in [0.3, 0.4) is 0 Å². The molecule has 0 unspecified atom stereocenters. The normalized spacial score (nSPS) is 19.0. The molecule has 0 saturated carbocycles. The van der Waals surface area contributed by atoms with Gasteiger partial charge in [-0.05, 0) is 48.7 Å². The van der Waals surface area contributed by atoms with Gasteiger partial charge in [-0.3, -0.25) is 15.0 Å². The monoisotopic (exact) mass is 333 g/mol. The van der Waals surface area contributed by atoms with E-state index in [0.717, 1.165) is 18.7 Å². The van der Waals surface area contributed by atoms with Gasteiger partial charge in [-0.25, -0.2) is 5.01 Å². The highest BCUT2D eigenvalue weighted by molar-refractivity contribution is 6.31. The standard InChI is InChI=1S/C20H19N3O2/c24-19-18(20(25)23(21-19)17-6-2-1-3-7-17)14-15-8-10-16(11-9-15)22-12-4-5-13-22/h1-3,6-11,14H,4-5,12-13H2,(H,21,24). The summed E-state index contributed by atoms with van der Waals surface area (Å²) < 4.78 is 0. The number of nitrogens with zero attached hydrogens (tertiary/aromatic N) is 2. The first-order valence-corrected chi connectivity index (χ1v) is 8.49. The number of hydrazine groups is 1. The number of anilines is 2. The van der Waals surface area contributed by atoms with Gasteiger partial charge in [0.2, 0.25) is 0 Å². The summed E-state index contributed by atoms with van der Waals surface area (Å²) in [6.45, 7) is 2.18. The Kier molecular flexibility index (Phi) is 3.98. The van der Waals surface area contributed by atoms with Crippen LogP contribution in [0.25, 0.3) is 6.08 Å². The molecule has 4 rings (SSSR count). The molecular weight excluding hydrogens is 314 g/mol. The minimum atomic E-state index is -0.377. The van der Waals surface area contributed by atoms with Crippen LogP contribution < -0.4 is 15.3 Å². The molecule has 0 bridgehead atoms. The maximum Gasteiger partial charge on any atom is 0.282 e. The van der Waals surface area contributed by atoms with E-state index in [1.807, 2.05) is 42.5 Å². The number of carbonyl (C=O) groups is 2. The van der Waals surface area contributed by atoms with Crippen LogP contribution in [-0.4, -0.2) is 24.9 Å². The average molecular weight is 333 g/mol. The van der Waals surface area contributed by atoms with Crippen LogP contribution in [0.2, 0.25) is 0 Å². The lowest BCUT2D eigenvalue weighted by Crippen LogP contribution is -2.35. The molecular formula is C20H19N3O2. The largest absolute Gasteiger partial charge is 0.372 e. The Morgan fingerprint density at radius 3 is 2.20 bits per heavy atom. The second-order valence-corrected chi connectivity index (χ2v) is 6.26. The molecule has 5 nitrogen and oxygen atoms in total. The zero-order valence-electron chi connectivity index (χ0n) is 13.8. The fourth-order valence-corrected chi connectivity index (χ4v) is 3.24. The van der Waals surface area contributed by atoms with Gasteiger partial charge in [-0.15, -0.1) is 0 Å². The summed E-state index contributed by atoms with van der Waals surface area (Å²) in [7, 11) is 0. The van der Waals surface area contributed by atoms with E-state index < -0.39 is 0 Å². The fraction of sp³-hybridized carbons (Fsp3) is 0.200. The van der Waals surface area contributed by atoms with Gasteiger partial charge in [0.15, 0.2) is 0 Å². The van der Waals surface area contributed by atoms with E-state index in [2.05, 4.69) is 10.3 Å². The van der Waals surface area contributed by atoms with Gasteiger partial charge in [0, 0.05) is 18.8 Å². The van der Waals surface area contributed by atoms with Crippen LogP contribution >= 0.6 is 0 Å². The summed E-state index contributed by atoms with van der Waals surface area (Å²) in [5, 5.41) is 1.28. The molecule has 25 heavy (non-hydrogen) atoms. The lowest BCUT2D eigenvalue weighted by Gasteiger charge is -2.17. The van der Waals surface area contributed by atoms with Gasteiger partial charge in [0.05, 0.1) is 5.69 Å². The second-order valence-electron chi connectivity index (χ2n) is 6.26. The lowest BCUT2D eigenvalue weighted by atomic mass is 10.1. The quantitative estimate of drug-likeness (QED) is 0.694. The molecule has 1 N–H and O–H groups in total. The molecule has 0 spiro atoms. The summed E-state index contributed by atoms with van der Waals surface area (Å²) in [5.41, 5.74) is 5.44. The van der Waals surface area contributed by atoms with Crippen molar-refractivity contribution in [1.82, 2.24) is 5.43 Å². The van der Waals surface area contributed by atoms with Crippen LogP contribution in [0.5, 0.6) is 0 Å². The van der Waals surface area contributed by atoms with Crippen molar-refractivity contribution in [3.63, 3.8) is 0 Å². The highest BCUT2D eigenvalue weighted by atomic mass is 16.2. The predicted octanol–water partition coefficient (Wildman–Crippen LogP) is 2.75. The number of hydrogen-bond donors (Lipinski definition) is 1. The van der Waals surface area contributed by atoms with E-state index in [0.29, 0.717) is 5.69 Å². The van der Waals surface area contributed by atoms with Crippen molar-refractivity contribution in [2.24, 2.45) is 0 Å². The average Bonchev–Trinajstić information content (AvgIpc) is 3.27. The first kappa shape index (κ1) is 15.4. The summed E-state index contributed by atoms with van der Waals surface area (Å²) in [6, 6.07) is 17.1. The summed E-state index contributed by atoms with van der Waals surface area (Å²) >= 11 is 0. The number of benzene rings is 2. The number of rotatable bonds is 3. The van der Waals surface area contributed by atoms with Crippen molar-refractivity contribution in [1.29, 1.82) is 0 Å². The number of carbonyl (C=O) groups excluding carboxylic acids is 2. The third-order valence-electron chi connectivity index (χ3n) is 4.58. The van der Waals surface area contributed by atoms with Crippen molar-refractivity contribution >= 4 is 29.3 Å². The second kappa shape index (κ2) is 6.43. The maximum atomic E-state index is 12.6. The minimum absolute atomic E-state index is 0.151. The molecule has 0 aliphatic carbocycles. The van der Waals surface area contributed by atoms with Gasteiger partial charge in [0.1, 0.15) is 5.57 Å². The summed E-state index contributed by atoms with van der Waals surface area (Å²) in [6.07, 6.45) is 4.11. The highest BCUT2D eigenvalue weighted by Gasteiger charge is 2.34. The topological polar surface area (TPSA) is 52.7 Å². The van der Waals surface area contributed by atoms with E-state index in [-0.39, 0.29) is 17.4 Å². The number of nitrogens with one attached hydrogen (secondary N) is 1. The van der Waals surface area contributed by atoms with Crippen LogP contribution in [-0.2, 0) is 9.59 Å². The highest BCUT2D eigenvalue weighted by Crippen LogP contribution is 2.23. The van der Waals surface area contributed by atoms with Crippen molar-refractivity contribution in [3.8, 4) is 0 Å². The smallest absolute Gasteiger partial charge is 0.282 e. The summed E-state index contributed by atoms with van der Waals surface area (Å²) in [4.78, 5) is 27.1. The molecule has 2 aromatic carbocycles. The maximum absolute atomic E-state index is 12.6. The number of hydrogen-bond acceptors (Lipinski definition) is 3. The van der Waals surface area contributed by atoms with E-state index in [4.69, 9.17) is 0 Å². The number of para-hydroxylation sites is 1. The third-order valence-corrected chi connectivity index (χ3v) is 4.58. The van der Waals surface area contributed by atoms with Crippen molar-refractivity contribution in [2.45, 2.75) is 12.8 Å². The SMILES string of the molecule is O=C1NN(c2ccccc2)C(=O)C1=Cc1ccc(N2CCCC2)cc1. The Hall–Kier alpha value is -3.08. The van der Waals surface area contributed by atoms with Gasteiger partial charge < -0.3 is 4.90 Å². The third kappa shape index (κ3) is 3.01. The van der Waals surface area contributed by atoms with Gasteiger partial charge >= 0.3 is 0 Å². The lowest BCUT2D eigenvalue weighted by molar-refractivity contribution is -0.117. The molecule has 2 aliphatic heterocycles. The van der Waals surface area contributed by atoms with Crippen LogP contribution in [0.4, 0.5) is 11.4 Å². The first-order valence-electron chi connectivity index (χ1n) is 8.49. The molecule has 2 aromatic rings. The van der Waals surface area contributed by atoms with Crippen molar-refractivity contribution < 1.29 is 9.59 Å². The Morgan fingerprint density at radius 1 is 0.840 bits per heavy atom. The Balaban J connectivity index is 1.56.